The highest BCUT2D eigenvalue weighted by Gasteiger charge is 2.02. The molecule has 1 aromatic heterocycles. The Morgan fingerprint density at radius 3 is 2.58 bits per heavy atom. The maximum atomic E-state index is 11.4. The van der Waals surface area contributed by atoms with E-state index in [-0.39, 0.29) is 5.91 Å². The third-order valence-corrected chi connectivity index (χ3v) is 2.99. The fourth-order valence-corrected chi connectivity index (χ4v) is 1.81. The van der Waals surface area contributed by atoms with Gasteiger partial charge < -0.3 is 15.2 Å². The van der Waals surface area contributed by atoms with Crippen molar-refractivity contribution in [3.05, 3.63) is 53.6 Å². The van der Waals surface area contributed by atoms with E-state index in [9.17, 15) is 4.79 Å². The Hall–Kier alpha value is -2.14. The summed E-state index contributed by atoms with van der Waals surface area (Å²) in [4.78, 5) is 15.5. The fraction of sp³-hybridized carbons (Fsp3) is 0.286. The zero-order valence-electron chi connectivity index (χ0n) is 11.2. The summed E-state index contributed by atoms with van der Waals surface area (Å²) in [6.45, 7) is 1.53. The van der Waals surface area contributed by atoms with Gasteiger partial charge in [0.25, 0.3) is 5.91 Å². The van der Waals surface area contributed by atoms with Crippen molar-refractivity contribution in [2.24, 2.45) is 7.05 Å². The minimum absolute atomic E-state index is 0.0607. The molecule has 0 radical (unpaired) electrons. The highest BCUT2D eigenvalue weighted by atomic mass is 16.1. The minimum Gasteiger partial charge on any atom is -0.355 e. The summed E-state index contributed by atoms with van der Waals surface area (Å²) < 4.78 is 1.99. The molecule has 0 saturated carbocycles. The predicted octanol–water partition coefficient (Wildman–Crippen LogP) is 1.07. The van der Waals surface area contributed by atoms with Gasteiger partial charge in [-0.25, -0.2) is 4.98 Å². The van der Waals surface area contributed by atoms with Crippen LogP contribution in [0.2, 0.25) is 0 Å². The van der Waals surface area contributed by atoms with Crippen molar-refractivity contribution < 1.29 is 4.79 Å². The molecule has 0 spiro atoms. The van der Waals surface area contributed by atoms with Gasteiger partial charge in [0.15, 0.2) is 0 Å². The number of carbonyl (C=O) groups excluding carboxylic acids is 1. The van der Waals surface area contributed by atoms with Crippen LogP contribution >= 0.6 is 0 Å². The summed E-state index contributed by atoms with van der Waals surface area (Å²) in [5.74, 6) is -0.0607. The van der Waals surface area contributed by atoms with Crippen molar-refractivity contribution in [2.75, 3.05) is 7.05 Å². The summed E-state index contributed by atoms with van der Waals surface area (Å²) in [6.07, 6.45) is 3.64. The van der Waals surface area contributed by atoms with Crippen LogP contribution in [0.4, 0.5) is 0 Å². The third-order valence-electron chi connectivity index (χ3n) is 2.99. The van der Waals surface area contributed by atoms with Gasteiger partial charge >= 0.3 is 0 Å². The highest BCUT2D eigenvalue weighted by molar-refractivity contribution is 5.93. The van der Waals surface area contributed by atoms with Crippen molar-refractivity contribution in [1.29, 1.82) is 0 Å². The predicted molar refractivity (Wildman–Crippen MR) is 73.6 cm³/mol. The monoisotopic (exact) mass is 258 g/mol. The van der Waals surface area contributed by atoms with Gasteiger partial charge in [-0.1, -0.05) is 12.1 Å². The van der Waals surface area contributed by atoms with E-state index < -0.39 is 0 Å². The zero-order valence-corrected chi connectivity index (χ0v) is 11.2. The van der Waals surface area contributed by atoms with E-state index in [0.717, 1.165) is 24.3 Å². The number of carbonyl (C=O) groups is 1. The molecule has 1 aromatic carbocycles. The smallest absolute Gasteiger partial charge is 0.251 e. The normalized spacial score (nSPS) is 10.4. The Balaban J connectivity index is 1.86. The maximum Gasteiger partial charge on any atom is 0.251 e. The molecule has 0 atom stereocenters. The Morgan fingerprint density at radius 1 is 1.26 bits per heavy atom. The second-order valence-corrected chi connectivity index (χ2v) is 4.38. The number of benzene rings is 1. The molecule has 0 fully saturated rings. The van der Waals surface area contributed by atoms with Crippen LogP contribution in [0.1, 0.15) is 21.6 Å². The molecule has 19 heavy (non-hydrogen) atoms. The average Bonchev–Trinajstić information content (AvgIpc) is 2.84. The molecule has 0 aliphatic rings. The van der Waals surface area contributed by atoms with E-state index in [1.54, 1.807) is 13.4 Å². The van der Waals surface area contributed by atoms with Crippen LogP contribution < -0.4 is 10.6 Å². The van der Waals surface area contributed by atoms with Crippen molar-refractivity contribution in [3.8, 4) is 0 Å². The second kappa shape index (κ2) is 6.15. The van der Waals surface area contributed by atoms with E-state index in [0.29, 0.717) is 5.56 Å². The zero-order chi connectivity index (χ0) is 13.7. The largest absolute Gasteiger partial charge is 0.355 e. The Labute approximate surface area is 112 Å². The average molecular weight is 258 g/mol. The second-order valence-electron chi connectivity index (χ2n) is 4.38. The lowest BCUT2D eigenvalue weighted by atomic mass is 10.1. The van der Waals surface area contributed by atoms with Crippen molar-refractivity contribution in [2.45, 2.75) is 13.1 Å². The maximum absolute atomic E-state index is 11.4. The molecule has 2 aromatic rings. The van der Waals surface area contributed by atoms with Crippen molar-refractivity contribution in [1.82, 2.24) is 20.2 Å². The number of nitrogens with one attached hydrogen (secondary N) is 2. The first kappa shape index (κ1) is 13.3. The quantitative estimate of drug-likeness (QED) is 0.843. The minimum atomic E-state index is -0.0607. The Kier molecular flexibility index (Phi) is 4.30. The van der Waals surface area contributed by atoms with Crippen LogP contribution in [0.15, 0.2) is 36.8 Å². The molecule has 5 nitrogen and oxygen atoms in total. The standard InChI is InChI=1S/C14H18N4O/c1-15-14(19)12-5-3-11(4-6-12)7-16-8-13-9-17-10-18(13)2/h3-6,9-10,16H,7-8H2,1-2H3,(H,15,19). The summed E-state index contributed by atoms with van der Waals surface area (Å²) in [5, 5.41) is 5.95. The number of amides is 1. The van der Waals surface area contributed by atoms with Crippen LogP contribution in [0.3, 0.4) is 0 Å². The number of nitrogens with zero attached hydrogens (tertiary/aromatic N) is 2. The van der Waals surface area contributed by atoms with Gasteiger partial charge in [-0.2, -0.15) is 0 Å². The molecule has 0 unspecified atom stereocenters. The molecule has 5 heteroatoms. The summed E-state index contributed by atoms with van der Waals surface area (Å²) in [7, 11) is 3.61. The van der Waals surface area contributed by atoms with Gasteiger partial charge in [0.05, 0.1) is 12.0 Å². The van der Waals surface area contributed by atoms with Gasteiger partial charge in [-0.3, -0.25) is 4.79 Å². The topological polar surface area (TPSA) is 59.0 Å². The number of hydrogen-bond acceptors (Lipinski definition) is 3. The van der Waals surface area contributed by atoms with E-state index in [1.807, 2.05) is 42.1 Å². The molecule has 1 heterocycles. The molecule has 1 amide bonds. The van der Waals surface area contributed by atoms with Crippen LogP contribution in [-0.2, 0) is 20.1 Å². The lowest BCUT2D eigenvalue weighted by Crippen LogP contribution is -2.18. The van der Waals surface area contributed by atoms with Crippen LogP contribution in [0.5, 0.6) is 0 Å². The van der Waals surface area contributed by atoms with Crippen molar-refractivity contribution in [3.63, 3.8) is 0 Å². The lowest BCUT2D eigenvalue weighted by Gasteiger charge is -2.06. The van der Waals surface area contributed by atoms with E-state index >= 15 is 0 Å². The first-order valence-corrected chi connectivity index (χ1v) is 6.17. The molecule has 2 rings (SSSR count). The van der Waals surface area contributed by atoms with E-state index in [4.69, 9.17) is 0 Å². The van der Waals surface area contributed by atoms with Crippen LogP contribution in [-0.4, -0.2) is 22.5 Å². The fourth-order valence-electron chi connectivity index (χ4n) is 1.81. The molecule has 0 aliphatic carbocycles. The van der Waals surface area contributed by atoms with Crippen molar-refractivity contribution >= 4 is 5.91 Å². The number of aromatic nitrogens is 2. The van der Waals surface area contributed by atoms with Gasteiger partial charge in [-0.15, -0.1) is 0 Å². The van der Waals surface area contributed by atoms with Crippen LogP contribution in [0, 0.1) is 0 Å². The molecular formula is C14H18N4O. The van der Waals surface area contributed by atoms with E-state index in [2.05, 4.69) is 15.6 Å². The molecule has 0 saturated heterocycles. The van der Waals surface area contributed by atoms with E-state index in [1.165, 1.54) is 0 Å². The van der Waals surface area contributed by atoms with Gasteiger partial charge in [-0.05, 0) is 17.7 Å². The lowest BCUT2D eigenvalue weighted by molar-refractivity contribution is 0.0963. The van der Waals surface area contributed by atoms with Gasteiger partial charge in [0, 0.05) is 38.9 Å². The van der Waals surface area contributed by atoms with Gasteiger partial charge in [0.1, 0.15) is 0 Å². The number of aryl methyl sites for hydroxylation is 1. The number of hydrogen-bond donors (Lipinski definition) is 2. The Bertz CT molecular complexity index is 545. The molecule has 0 aliphatic heterocycles. The number of imidazole rings is 1. The SMILES string of the molecule is CNC(=O)c1ccc(CNCc2cncn2C)cc1. The molecule has 100 valence electrons. The molecule has 2 N–H and O–H groups in total. The first-order chi connectivity index (χ1) is 9.20. The summed E-state index contributed by atoms with van der Waals surface area (Å²) in [5.41, 5.74) is 2.97. The summed E-state index contributed by atoms with van der Waals surface area (Å²) in [6, 6.07) is 7.58. The Morgan fingerprint density at radius 2 is 2.00 bits per heavy atom. The van der Waals surface area contributed by atoms with Crippen LogP contribution in [0.25, 0.3) is 0 Å². The number of rotatable bonds is 5. The van der Waals surface area contributed by atoms with Gasteiger partial charge in [0.2, 0.25) is 0 Å². The molecule has 0 bridgehead atoms. The summed E-state index contributed by atoms with van der Waals surface area (Å²) >= 11 is 0. The molecular weight excluding hydrogens is 240 g/mol. The first-order valence-electron chi connectivity index (χ1n) is 6.17. The third kappa shape index (κ3) is 3.42. The highest BCUT2D eigenvalue weighted by Crippen LogP contribution is 2.05.